The van der Waals surface area contributed by atoms with Gasteiger partial charge in [0.25, 0.3) is 0 Å². The predicted octanol–water partition coefficient (Wildman–Crippen LogP) is 8.67. The summed E-state index contributed by atoms with van der Waals surface area (Å²) in [6.45, 7) is 22.6. The molecule has 0 aromatic heterocycles. The number of phenols is 2. The van der Waals surface area contributed by atoms with E-state index in [9.17, 15) is 10.2 Å². The number of hydrogen-bond acceptors (Lipinski definition) is 3. The molecule has 0 aliphatic rings. The molecule has 0 fully saturated rings. The Morgan fingerprint density at radius 3 is 1.19 bits per heavy atom. The van der Waals surface area contributed by atoms with Crippen molar-refractivity contribution in [1.29, 1.82) is 0 Å². The first-order chi connectivity index (χ1) is 13.9. The number of benzene rings is 2. The Morgan fingerprint density at radius 1 is 0.594 bits per heavy atom. The fraction of sp³-hybridized carbons (Fsp3) is 0.571. The molecule has 183 valence electrons. The molecule has 0 unspecified atom stereocenters. The minimum atomic E-state index is -0.0140. The van der Waals surface area contributed by atoms with Crippen LogP contribution in [-0.2, 0) is 27.9 Å². The van der Waals surface area contributed by atoms with E-state index in [-0.39, 0.29) is 50.2 Å². The average Bonchev–Trinajstić information content (AvgIpc) is 2.54. The van der Waals surface area contributed by atoms with E-state index in [1.54, 1.807) is 12.1 Å². The summed E-state index contributed by atoms with van der Waals surface area (Å²) in [6.07, 6.45) is 2.08. The third-order valence-electron chi connectivity index (χ3n) is 5.65. The van der Waals surface area contributed by atoms with Gasteiger partial charge in [0, 0.05) is 17.1 Å². The zero-order valence-electron chi connectivity index (χ0n) is 21.5. The smallest absolute Gasteiger partial charge is 0.129 e. The van der Waals surface area contributed by atoms with Crippen LogP contribution in [0.4, 0.5) is 0 Å². The molecule has 0 heterocycles. The van der Waals surface area contributed by atoms with Gasteiger partial charge < -0.3 is 10.2 Å². The first-order valence-corrected chi connectivity index (χ1v) is 12.1. The van der Waals surface area contributed by atoms with Crippen molar-refractivity contribution in [3.8, 4) is 11.5 Å². The van der Waals surface area contributed by atoms with Crippen LogP contribution in [-0.4, -0.2) is 10.2 Å². The molecule has 4 heteroatoms. The van der Waals surface area contributed by atoms with Crippen LogP contribution < -0.4 is 0 Å². The molecule has 0 spiro atoms. The van der Waals surface area contributed by atoms with Crippen molar-refractivity contribution in [2.24, 2.45) is 10.8 Å². The predicted molar refractivity (Wildman–Crippen MR) is 135 cm³/mol. The van der Waals surface area contributed by atoms with E-state index in [4.69, 9.17) is 0 Å². The van der Waals surface area contributed by atoms with Crippen molar-refractivity contribution in [2.45, 2.75) is 103 Å². The van der Waals surface area contributed by atoms with E-state index in [1.165, 1.54) is 22.9 Å². The van der Waals surface area contributed by atoms with E-state index in [0.717, 1.165) is 22.6 Å². The largest absolute Gasteiger partial charge is 0.507 e. The summed E-state index contributed by atoms with van der Waals surface area (Å²) >= 11 is 1.44. The van der Waals surface area contributed by atoms with Gasteiger partial charge in [0.05, 0.1) is 9.79 Å². The Morgan fingerprint density at radius 2 is 0.906 bits per heavy atom. The van der Waals surface area contributed by atoms with Crippen LogP contribution in [0.25, 0.3) is 0 Å². The molecule has 0 saturated carbocycles. The molecule has 1 radical (unpaired) electrons. The SMILES string of the molecule is CC(C)(C)CC(C)(C)c1ccc(O)c(Sc2cc(C(C)(C)CC(C)(C)C)ccc2O)c1.[Cu]. The number of rotatable bonds is 6. The second kappa shape index (κ2) is 10.0. The van der Waals surface area contributed by atoms with Gasteiger partial charge in [0.15, 0.2) is 0 Å². The molecular weight excluding hydrogens is 464 g/mol. The van der Waals surface area contributed by atoms with Crippen LogP contribution in [0.2, 0.25) is 0 Å². The number of phenolic OH excluding ortho intramolecular Hbond substituents is 2. The van der Waals surface area contributed by atoms with Crippen LogP contribution in [0.5, 0.6) is 11.5 Å². The quantitative estimate of drug-likeness (QED) is 0.385. The fourth-order valence-corrected chi connectivity index (χ4v) is 5.96. The Bertz CT molecular complexity index is 843. The summed E-state index contributed by atoms with van der Waals surface area (Å²) in [6, 6.07) is 11.8. The molecule has 2 rings (SSSR count). The number of hydrogen-bond donors (Lipinski definition) is 2. The number of aromatic hydroxyl groups is 2. The van der Waals surface area contributed by atoms with Gasteiger partial charge in [-0.2, -0.15) is 0 Å². The third kappa shape index (κ3) is 8.04. The van der Waals surface area contributed by atoms with Crippen LogP contribution in [0, 0.1) is 10.8 Å². The molecule has 0 aliphatic carbocycles. The van der Waals surface area contributed by atoms with Crippen molar-refractivity contribution in [2.75, 3.05) is 0 Å². The summed E-state index contributed by atoms with van der Waals surface area (Å²) in [4.78, 5) is 1.56. The van der Waals surface area contributed by atoms with Gasteiger partial charge in [-0.05, 0) is 69.9 Å². The summed E-state index contributed by atoms with van der Waals surface area (Å²) < 4.78 is 0. The molecule has 0 saturated heterocycles. The first kappa shape index (κ1) is 28.9. The van der Waals surface area contributed by atoms with Gasteiger partial charge in [-0.15, -0.1) is 0 Å². The van der Waals surface area contributed by atoms with Crippen molar-refractivity contribution in [3.05, 3.63) is 47.5 Å². The van der Waals surface area contributed by atoms with Gasteiger partial charge in [0.2, 0.25) is 0 Å². The maximum absolute atomic E-state index is 10.6. The van der Waals surface area contributed by atoms with E-state index in [2.05, 4.69) is 81.4 Å². The minimum absolute atomic E-state index is 0. The monoisotopic (exact) mass is 505 g/mol. The van der Waals surface area contributed by atoms with Gasteiger partial charge in [-0.1, -0.05) is 93.1 Å². The molecule has 2 aromatic carbocycles. The maximum atomic E-state index is 10.6. The summed E-state index contributed by atoms with van der Waals surface area (Å²) in [5, 5.41) is 21.1. The average molecular weight is 506 g/mol. The van der Waals surface area contributed by atoms with Crippen LogP contribution >= 0.6 is 11.8 Å². The Kier molecular flexibility index (Phi) is 9.08. The second-order valence-electron chi connectivity index (χ2n) is 12.7. The second-order valence-corrected chi connectivity index (χ2v) is 13.8. The van der Waals surface area contributed by atoms with Gasteiger partial charge in [0.1, 0.15) is 11.5 Å². The molecule has 0 bridgehead atoms. The molecule has 2 N–H and O–H groups in total. The fourth-order valence-electron chi connectivity index (χ4n) is 5.01. The molecule has 2 nitrogen and oxygen atoms in total. The van der Waals surface area contributed by atoms with Crippen LogP contribution in [0.3, 0.4) is 0 Å². The first-order valence-electron chi connectivity index (χ1n) is 11.2. The van der Waals surface area contributed by atoms with Crippen molar-refractivity contribution in [3.63, 3.8) is 0 Å². The molecule has 0 aliphatic heterocycles. The van der Waals surface area contributed by atoms with Gasteiger partial charge >= 0.3 is 0 Å². The Balaban J connectivity index is 0.00000512. The zero-order valence-corrected chi connectivity index (χ0v) is 23.2. The van der Waals surface area contributed by atoms with Gasteiger partial charge in [-0.3, -0.25) is 0 Å². The van der Waals surface area contributed by atoms with Crippen molar-refractivity contribution in [1.82, 2.24) is 0 Å². The van der Waals surface area contributed by atoms with Crippen molar-refractivity contribution < 1.29 is 27.3 Å². The summed E-state index contributed by atoms with van der Waals surface area (Å²) in [5.74, 6) is 0.498. The van der Waals surface area contributed by atoms with Gasteiger partial charge in [-0.25, -0.2) is 0 Å². The topological polar surface area (TPSA) is 40.5 Å². The maximum Gasteiger partial charge on any atom is 0.129 e. The molecular formula is C28H42CuO2S. The third-order valence-corrected chi connectivity index (χ3v) is 6.74. The van der Waals surface area contributed by atoms with Crippen LogP contribution in [0.15, 0.2) is 46.2 Å². The molecule has 0 atom stereocenters. The molecule has 2 aromatic rings. The molecule has 32 heavy (non-hydrogen) atoms. The normalized spacial score (nSPS) is 13.1. The standard InChI is InChI=1S/C28H42O2S.Cu/c1-25(2,3)17-27(7,8)19-11-13-21(29)23(15-19)31-24-16-20(12-14-22(24)30)28(9,10)18-26(4,5)6;/h11-16,29-30H,17-18H2,1-10H3;. The van der Waals surface area contributed by atoms with E-state index in [0.29, 0.717) is 0 Å². The molecule has 0 amide bonds. The van der Waals surface area contributed by atoms with E-state index >= 15 is 0 Å². The van der Waals surface area contributed by atoms with E-state index in [1.807, 2.05) is 12.1 Å². The minimum Gasteiger partial charge on any atom is -0.507 e. The summed E-state index contributed by atoms with van der Waals surface area (Å²) in [5.41, 5.74) is 2.79. The zero-order chi connectivity index (χ0) is 23.8. The van der Waals surface area contributed by atoms with Crippen molar-refractivity contribution >= 4 is 11.8 Å². The van der Waals surface area contributed by atoms with E-state index < -0.39 is 0 Å². The Hall–Kier alpha value is -1.09. The Labute approximate surface area is 211 Å². The summed E-state index contributed by atoms with van der Waals surface area (Å²) in [7, 11) is 0. The van der Waals surface area contributed by atoms with Crippen LogP contribution in [0.1, 0.15) is 93.2 Å².